The quantitative estimate of drug-likeness (QED) is 0.341. The molecule has 0 N–H and O–H groups in total. The largest absolute Gasteiger partial charge is 0.291 e. The molecule has 0 heterocycles. The van der Waals surface area contributed by atoms with Gasteiger partial charge in [0.2, 0.25) is 0 Å². The Hall–Kier alpha value is -0.420. The van der Waals surface area contributed by atoms with Crippen molar-refractivity contribution in [1.82, 2.24) is 0 Å². The predicted molar refractivity (Wildman–Crippen MR) is 81.9 cm³/mol. The molecule has 0 saturated carbocycles. The van der Waals surface area contributed by atoms with Gasteiger partial charge in [0, 0.05) is 6.42 Å². The van der Waals surface area contributed by atoms with Crippen molar-refractivity contribution in [1.29, 1.82) is 0 Å². The SMILES string of the molecule is CCCCCCCCCCCCOS(=O)(=O)CC[C]=O. The highest BCUT2D eigenvalue weighted by Crippen LogP contribution is 2.10. The minimum Gasteiger partial charge on any atom is -0.291 e. The lowest BCUT2D eigenvalue weighted by Crippen LogP contribution is -2.11. The Morgan fingerprint density at radius 3 is 1.85 bits per heavy atom. The lowest BCUT2D eigenvalue weighted by Gasteiger charge is -2.04. The van der Waals surface area contributed by atoms with E-state index >= 15 is 0 Å². The van der Waals surface area contributed by atoms with Gasteiger partial charge < -0.3 is 0 Å². The van der Waals surface area contributed by atoms with Crippen LogP contribution in [0.15, 0.2) is 0 Å². The first-order valence-corrected chi connectivity index (χ1v) is 9.42. The van der Waals surface area contributed by atoms with Gasteiger partial charge in [-0.15, -0.1) is 0 Å². The van der Waals surface area contributed by atoms with Gasteiger partial charge in [-0.05, 0) is 6.42 Å². The third-order valence-electron chi connectivity index (χ3n) is 3.21. The molecule has 0 aliphatic rings. The Balaban J connectivity index is 3.26. The van der Waals surface area contributed by atoms with Crippen molar-refractivity contribution in [2.45, 2.75) is 77.6 Å². The topological polar surface area (TPSA) is 60.4 Å². The molecule has 0 bridgehead atoms. The van der Waals surface area contributed by atoms with E-state index in [1.807, 2.05) is 0 Å². The van der Waals surface area contributed by atoms with Crippen molar-refractivity contribution in [3.63, 3.8) is 0 Å². The third-order valence-corrected chi connectivity index (χ3v) is 4.44. The second-order valence-corrected chi connectivity index (χ2v) is 6.92. The Bertz CT molecular complexity index is 312. The molecular weight excluding hydrogens is 276 g/mol. The summed E-state index contributed by atoms with van der Waals surface area (Å²) in [5.74, 6) is -0.256. The molecule has 1 radical (unpaired) electrons. The van der Waals surface area contributed by atoms with Crippen LogP contribution in [0.3, 0.4) is 0 Å². The standard InChI is InChI=1S/C15H29O4S/c1-2-3-4-5-6-7-8-9-10-11-14-19-20(17,18)15-12-13-16/h2-12,14-15H2,1H3. The van der Waals surface area contributed by atoms with E-state index < -0.39 is 10.1 Å². The molecule has 119 valence electrons. The second kappa shape index (κ2) is 13.6. The zero-order chi connectivity index (χ0) is 15.1. The summed E-state index contributed by atoms with van der Waals surface area (Å²) in [6.07, 6.45) is 13.5. The van der Waals surface area contributed by atoms with Gasteiger partial charge in [0.05, 0.1) is 12.4 Å². The summed E-state index contributed by atoms with van der Waals surface area (Å²) < 4.78 is 27.3. The number of unbranched alkanes of at least 4 members (excludes halogenated alkanes) is 9. The van der Waals surface area contributed by atoms with Crippen LogP contribution < -0.4 is 0 Å². The smallest absolute Gasteiger partial charge is 0.267 e. The average Bonchev–Trinajstić information content (AvgIpc) is 2.42. The number of carbonyl (C=O) groups excluding carboxylic acids is 1. The van der Waals surface area contributed by atoms with Gasteiger partial charge in [0.25, 0.3) is 10.1 Å². The zero-order valence-electron chi connectivity index (χ0n) is 12.7. The number of rotatable bonds is 15. The Labute approximate surface area is 124 Å². The lowest BCUT2D eigenvalue weighted by molar-refractivity contribution is 0.306. The molecule has 0 aliphatic heterocycles. The highest BCUT2D eigenvalue weighted by Gasteiger charge is 2.09. The van der Waals surface area contributed by atoms with E-state index in [-0.39, 0.29) is 18.8 Å². The molecular formula is C15H29O4S. The molecule has 4 nitrogen and oxygen atoms in total. The first kappa shape index (κ1) is 19.6. The van der Waals surface area contributed by atoms with Gasteiger partial charge in [-0.1, -0.05) is 64.7 Å². The molecule has 0 amide bonds. The molecule has 20 heavy (non-hydrogen) atoms. The highest BCUT2D eigenvalue weighted by atomic mass is 32.2. The Morgan fingerprint density at radius 1 is 0.850 bits per heavy atom. The number of hydrogen-bond acceptors (Lipinski definition) is 4. The van der Waals surface area contributed by atoms with E-state index in [9.17, 15) is 13.2 Å². The fraction of sp³-hybridized carbons (Fsp3) is 0.933. The van der Waals surface area contributed by atoms with Gasteiger partial charge in [-0.2, -0.15) is 8.42 Å². The van der Waals surface area contributed by atoms with Crippen molar-refractivity contribution in [3.8, 4) is 0 Å². The second-order valence-electron chi connectivity index (χ2n) is 5.16. The van der Waals surface area contributed by atoms with Gasteiger partial charge in [0.1, 0.15) is 0 Å². The average molecular weight is 305 g/mol. The van der Waals surface area contributed by atoms with Gasteiger partial charge >= 0.3 is 0 Å². The monoisotopic (exact) mass is 305 g/mol. The summed E-state index contributed by atoms with van der Waals surface area (Å²) in [6, 6.07) is 0. The summed E-state index contributed by atoms with van der Waals surface area (Å²) in [6.45, 7) is 2.46. The van der Waals surface area contributed by atoms with Gasteiger partial charge in [-0.3, -0.25) is 8.98 Å². The number of hydrogen-bond donors (Lipinski definition) is 0. The summed E-state index contributed by atoms with van der Waals surface area (Å²) >= 11 is 0. The molecule has 5 heteroatoms. The first-order valence-electron chi connectivity index (χ1n) is 7.84. The van der Waals surface area contributed by atoms with Crippen molar-refractivity contribution >= 4 is 16.4 Å². The van der Waals surface area contributed by atoms with E-state index in [4.69, 9.17) is 4.18 Å². The fourth-order valence-corrected chi connectivity index (χ4v) is 2.82. The van der Waals surface area contributed by atoms with Crippen molar-refractivity contribution in [3.05, 3.63) is 0 Å². The van der Waals surface area contributed by atoms with E-state index in [1.165, 1.54) is 44.9 Å². The summed E-state index contributed by atoms with van der Waals surface area (Å²) in [4.78, 5) is 9.97. The summed E-state index contributed by atoms with van der Waals surface area (Å²) in [5, 5.41) is 0. The first-order chi connectivity index (χ1) is 9.62. The van der Waals surface area contributed by atoms with Crippen LogP contribution in [0, 0.1) is 0 Å². The molecule has 0 saturated heterocycles. The minimum atomic E-state index is -3.52. The third kappa shape index (κ3) is 14.0. The van der Waals surface area contributed by atoms with Crippen LogP contribution in [0.5, 0.6) is 0 Å². The molecule has 0 aromatic heterocycles. The molecule has 0 aromatic carbocycles. The van der Waals surface area contributed by atoms with Crippen LogP contribution >= 0.6 is 0 Å². The van der Waals surface area contributed by atoms with Gasteiger partial charge in [0.15, 0.2) is 6.29 Å². The van der Waals surface area contributed by atoms with Crippen LogP contribution in [0.2, 0.25) is 0 Å². The van der Waals surface area contributed by atoms with Crippen LogP contribution in [0.1, 0.15) is 77.6 Å². The minimum absolute atomic E-state index is 0.111. The van der Waals surface area contributed by atoms with E-state index in [0.29, 0.717) is 0 Å². The van der Waals surface area contributed by atoms with Crippen molar-refractivity contribution in [2.75, 3.05) is 12.4 Å². The van der Waals surface area contributed by atoms with E-state index in [2.05, 4.69) is 6.92 Å². The van der Waals surface area contributed by atoms with Gasteiger partial charge in [-0.25, -0.2) is 0 Å². The van der Waals surface area contributed by atoms with Crippen LogP contribution in [-0.4, -0.2) is 27.1 Å². The fourth-order valence-electron chi connectivity index (χ4n) is 2.00. The van der Waals surface area contributed by atoms with Crippen molar-refractivity contribution < 1.29 is 17.4 Å². The zero-order valence-corrected chi connectivity index (χ0v) is 13.6. The molecule has 0 spiro atoms. The Kier molecular flexibility index (Phi) is 13.3. The maximum absolute atomic E-state index is 11.2. The van der Waals surface area contributed by atoms with E-state index in [1.54, 1.807) is 6.29 Å². The molecule has 0 rings (SSSR count). The van der Waals surface area contributed by atoms with E-state index in [0.717, 1.165) is 19.3 Å². The molecule has 0 aliphatic carbocycles. The molecule has 0 unspecified atom stereocenters. The molecule has 0 atom stereocenters. The van der Waals surface area contributed by atoms with Crippen LogP contribution in [0.25, 0.3) is 0 Å². The summed E-state index contributed by atoms with van der Waals surface area (Å²) in [7, 11) is -3.52. The molecule has 0 fully saturated rings. The molecule has 0 aromatic rings. The highest BCUT2D eigenvalue weighted by molar-refractivity contribution is 7.86. The van der Waals surface area contributed by atoms with Crippen molar-refractivity contribution in [2.24, 2.45) is 0 Å². The normalized spacial score (nSPS) is 11.7. The maximum atomic E-state index is 11.2. The summed E-state index contributed by atoms with van der Waals surface area (Å²) in [5.41, 5.74) is 0. The predicted octanol–water partition coefficient (Wildman–Crippen LogP) is 3.75. The van der Waals surface area contributed by atoms with Crippen LogP contribution in [0.4, 0.5) is 0 Å². The van der Waals surface area contributed by atoms with Crippen LogP contribution in [-0.2, 0) is 19.1 Å². The Morgan fingerprint density at radius 2 is 1.35 bits per heavy atom. The lowest BCUT2D eigenvalue weighted by atomic mass is 10.1. The maximum Gasteiger partial charge on any atom is 0.267 e.